The molecule has 0 saturated heterocycles. The van der Waals surface area contributed by atoms with Gasteiger partial charge in [-0.1, -0.05) is 170 Å². The first-order chi connectivity index (χ1) is 30.1. The molecule has 4 N–H and O–H groups in total. The number of carbonyl (C=O) groups is 3. The van der Waals surface area contributed by atoms with Crippen LogP contribution in [0.5, 0.6) is 0 Å². The molecule has 0 aromatic carbocycles. The maximum Gasteiger partial charge on any atom is 0.472 e. The molecule has 354 valence electrons. The standard InChI is InChI=1S/C50H84NO10P/c1-3-5-7-9-11-13-15-17-19-21-22-23-24-26-27-29-31-33-35-37-39-41-48(52)58-43-46(44-59-62(56,57)60-45-47(51)50(54)55)61-49(53)42-40-38-36-34-32-30-28-25-20-18-16-14-12-10-8-6-4-2/h6,8,12,14-15,17-18,20-22,28,30,34,36,46-47H,3-5,7,9-11,13,16,19,23-27,29,31-33,35,37-45,51H2,1-2H3,(H,54,55)(H,56,57)/b8-6-,14-12-,17-15-,20-18-,22-21-,30-28-,36-34-. The fourth-order valence-electron chi connectivity index (χ4n) is 5.95. The molecular formula is C50H84NO10P. The van der Waals surface area contributed by atoms with Crippen LogP contribution in [-0.4, -0.2) is 59.9 Å². The number of phosphoric ester groups is 1. The van der Waals surface area contributed by atoms with Crippen LogP contribution in [0.4, 0.5) is 0 Å². The summed E-state index contributed by atoms with van der Waals surface area (Å²) in [5.41, 5.74) is 5.34. The molecule has 0 bridgehead atoms. The highest BCUT2D eigenvalue weighted by Crippen LogP contribution is 2.43. The maximum atomic E-state index is 12.6. The highest BCUT2D eigenvalue weighted by Gasteiger charge is 2.28. The molecule has 0 radical (unpaired) electrons. The molecule has 0 heterocycles. The Balaban J connectivity index is 4.39. The van der Waals surface area contributed by atoms with Gasteiger partial charge in [-0.15, -0.1) is 0 Å². The lowest BCUT2D eigenvalue weighted by Gasteiger charge is -2.20. The van der Waals surface area contributed by atoms with Gasteiger partial charge in [0.15, 0.2) is 6.10 Å². The Bertz CT molecular complexity index is 1370. The number of carbonyl (C=O) groups excluding carboxylic acids is 2. The molecule has 0 rings (SSSR count). The summed E-state index contributed by atoms with van der Waals surface area (Å²) >= 11 is 0. The number of allylic oxidation sites excluding steroid dienone is 14. The number of esters is 2. The second-order valence-electron chi connectivity index (χ2n) is 15.5. The lowest BCUT2D eigenvalue weighted by Crippen LogP contribution is -2.34. The first-order valence-electron chi connectivity index (χ1n) is 23.6. The van der Waals surface area contributed by atoms with E-state index in [0.29, 0.717) is 19.3 Å². The summed E-state index contributed by atoms with van der Waals surface area (Å²) < 4.78 is 32.7. The van der Waals surface area contributed by atoms with E-state index in [2.05, 4.69) is 91.3 Å². The Morgan fingerprint density at radius 3 is 1.40 bits per heavy atom. The van der Waals surface area contributed by atoms with E-state index >= 15 is 0 Å². The Labute approximate surface area is 375 Å². The van der Waals surface area contributed by atoms with E-state index in [9.17, 15) is 23.8 Å². The van der Waals surface area contributed by atoms with Crippen LogP contribution < -0.4 is 5.73 Å². The van der Waals surface area contributed by atoms with Gasteiger partial charge in [-0.3, -0.25) is 23.4 Å². The molecule has 0 saturated carbocycles. The number of ether oxygens (including phenoxy) is 2. The van der Waals surface area contributed by atoms with Gasteiger partial charge in [-0.05, 0) is 83.5 Å². The summed E-state index contributed by atoms with van der Waals surface area (Å²) in [6.07, 6.45) is 55.1. The average molecular weight is 890 g/mol. The van der Waals surface area contributed by atoms with Gasteiger partial charge in [-0.25, -0.2) is 4.57 Å². The number of rotatable bonds is 43. The number of carboxylic acids is 1. The Morgan fingerprint density at radius 2 is 0.919 bits per heavy atom. The molecule has 0 aliphatic carbocycles. The van der Waals surface area contributed by atoms with Crippen molar-refractivity contribution >= 4 is 25.7 Å². The third-order valence-corrected chi connectivity index (χ3v) is 10.6. The van der Waals surface area contributed by atoms with Crippen LogP contribution in [0.2, 0.25) is 0 Å². The highest BCUT2D eigenvalue weighted by molar-refractivity contribution is 7.47. The molecule has 62 heavy (non-hydrogen) atoms. The zero-order valence-electron chi connectivity index (χ0n) is 38.4. The van der Waals surface area contributed by atoms with E-state index in [0.717, 1.165) is 64.2 Å². The zero-order chi connectivity index (χ0) is 45.6. The third kappa shape index (κ3) is 43.3. The summed E-state index contributed by atoms with van der Waals surface area (Å²) in [5.74, 6) is -2.47. The Morgan fingerprint density at radius 1 is 0.516 bits per heavy atom. The molecule has 11 nitrogen and oxygen atoms in total. The van der Waals surface area contributed by atoms with E-state index in [1.165, 1.54) is 70.6 Å². The van der Waals surface area contributed by atoms with Crippen molar-refractivity contribution in [3.8, 4) is 0 Å². The van der Waals surface area contributed by atoms with Crippen LogP contribution in [0.1, 0.15) is 181 Å². The van der Waals surface area contributed by atoms with Gasteiger partial charge < -0.3 is 25.2 Å². The highest BCUT2D eigenvalue weighted by atomic mass is 31.2. The first kappa shape index (κ1) is 58.7. The Kier molecular flexibility index (Phi) is 41.9. The molecule has 0 aliphatic heterocycles. The van der Waals surface area contributed by atoms with Gasteiger partial charge in [-0.2, -0.15) is 0 Å². The third-order valence-electron chi connectivity index (χ3n) is 9.63. The minimum atomic E-state index is -4.74. The molecule has 3 unspecified atom stereocenters. The summed E-state index contributed by atoms with van der Waals surface area (Å²) in [5, 5.41) is 8.90. The van der Waals surface area contributed by atoms with Crippen molar-refractivity contribution in [3.63, 3.8) is 0 Å². The maximum absolute atomic E-state index is 12.6. The van der Waals surface area contributed by atoms with Crippen molar-refractivity contribution in [1.82, 2.24) is 0 Å². The molecule has 0 amide bonds. The molecule has 0 aromatic rings. The van der Waals surface area contributed by atoms with Gasteiger partial charge >= 0.3 is 25.7 Å². The van der Waals surface area contributed by atoms with Crippen molar-refractivity contribution < 1.29 is 47.5 Å². The monoisotopic (exact) mass is 890 g/mol. The number of hydrogen-bond donors (Lipinski definition) is 3. The summed E-state index contributed by atoms with van der Waals surface area (Å²) in [7, 11) is -4.74. The van der Waals surface area contributed by atoms with E-state index in [-0.39, 0.29) is 19.4 Å². The summed E-state index contributed by atoms with van der Waals surface area (Å²) in [6, 6.07) is -1.54. The average Bonchev–Trinajstić information content (AvgIpc) is 3.25. The van der Waals surface area contributed by atoms with Gasteiger partial charge in [0.05, 0.1) is 13.2 Å². The van der Waals surface area contributed by atoms with Crippen molar-refractivity contribution in [2.45, 2.75) is 193 Å². The van der Waals surface area contributed by atoms with E-state index in [1.54, 1.807) is 0 Å². The van der Waals surface area contributed by atoms with Crippen LogP contribution in [0.25, 0.3) is 0 Å². The number of unbranched alkanes of at least 4 members (excludes halogenated alkanes) is 15. The summed E-state index contributed by atoms with van der Waals surface area (Å²) in [4.78, 5) is 46.1. The van der Waals surface area contributed by atoms with Crippen molar-refractivity contribution in [2.24, 2.45) is 5.73 Å². The molecule has 0 aromatic heterocycles. The predicted octanol–water partition coefficient (Wildman–Crippen LogP) is 13.1. The predicted molar refractivity (Wildman–Crippen MR) is 254 cm³/mol. The minimum absolute atomic E-state index is 0.0777. The van der Waals surface area contributed by atoms with Crippen molar-refractivity contribution in [3.05, 3.63) is 85.1 Å². The quantitative estimate of drug-likeness (QED) is 0.0230. The van der Waals surface area contributed by atoms with Crippen LogP contribution in [-0.2, 0) is 37.5 Å². The van der Waals surface area contributed by atoms with Gasteiger partial charge in [0.2, 0.25) is 0 Å². The summed E-state index contributed by atoms with van der Waals surface area (Å²) in [6.45, 7) is 2.62. The normalized spacial score (nSPS) is 14.4. The Hall–Kier alpha value is -3.34. The van der Waals surface area contributed by atoms with Crippen LogP contribution >= 0.6 is 7.82 Å². The molecule has 3 atom stereocenters. The second kappa shape index (κ2) is 44.3. The zero-order valence-corrected chi connectivity index (χ0v) is 39.3. The minimum Gasteiger partial charge on any atom is -0.480 e. The van der Waals surface area contributed by atoms with E-state index < -0.39 is 51.1 Å². The van der Waals surface area contributed by atoms with E-state index in [4.69, 9.17) is 24.8 Å². The van der Waals surface area contributed by atoms with Gasteiger partial charge in [0.1, 0.15) is 12.6 Å². The van der Waals surface area contributed by atoms with E-state index in [1.807, 2.05) is 12.2 Å². The van der Waals surface area contributed by atoms with Crippen molar-refractivity contribution in [1.29, 1.82) is 0 Å². The number of carboxylic acid groups (broad SMARTS) is 1. The topological polar surface area (TPSA) is 172 Å². The lowest BCUT2D eigenvalue weighted by atomic mass is 10.1. The molecule has 0 aliphatic rings. The van der Waals surface area contributed by atoms with Crippen LogP contribution in [0.3, 0.4) is 0 Å². The molecule has 0 spiro atoms. The van der Waals surface area contributed by atoms with Crippen LogP contribution in [0, 0.1) is 0 Å². The number of aliphatic carboxylic acids is 1. The first-order valence-corrected chi connectivity index (χ1v) is 25.1. The fourth-order valence-corrected chi connectivity index (χ4v) is 6.73. The lowest BCUT2D eigenvalue weighted by molar-refractivity contribution is -0.161. The largest absolute Gasteiger partial charge is 0.480 e. The van der Waals surface area contributed by atoms with Gasteiger partial charge in [0.25, 0.3) is 0 Å². The number of hydrogen-bond acceptors (Lipinski definition) is 9. The number of nitrogens with two attached hydrogens (primary N) is 1. The molecular weight excluding hydrogens is 806 g/mol. The smallest absolute Gasteiger partial charge is 0.472 e. The molecule has 12 heteroatoms. The molecule has 0 fully saturated rings. The van der Waals surface area contributed by atoms with Crippen LogP contribution in [0.15, 0.2) is 85.1 Å². The van der Waals surface area contributed by atoms with Crippen molar-refractivity contribution in [2.75, 3.05) is 19.8 Å². The fraction of sp³-hybridized carbons (Fsp3) is 0.660. The number of phosphoric acid groups is 1. The van der Waals surface area contributed by atoms with Gasteiger partial charge in [0, 0.05) is 12.8 Å². The second-order valence-corrected chi connectivity index (χ2v) is 17.0. The SMILES string of the molecule is CC/C=C\C/C=C\C/C=C\C/C=C\C/C=C\CCCC(=O)OC(COC(=O)CCCCCCCCCCC/C=C\C/C=C\CCCCCCC)COP(=O)(O)OCC(N)C(=O)O.